The number of nitrogens with one attached hydrogen (secondary N) is 1. The van der Waals surface area contributed by atoms with Crippen molar-refractivity contribution < 1.29 is 4.39 Å². The maximum absolute atomic E-state index is 12.9. The van der Waals surface area contributed by atoms with Gasteiger partial charge < -0.3 is 5.32 Å². The molecule has 4 heteroatoms. The van der Waals surface area contributed by atoms with Crippen LogP contribution in [0.15, 0.2) is 46.9 Å². The van der Waals surface area contributed by atoms with Crippen molar-refractivity contribution in [1.29, 1.82) is 5.26 Å². The molecule has 1 N–H and O–H groups in total. The molecule has 0 atom stereocenters. The fourth-order valence-corrected chi connectivity index (χ4v) is 1.82. The molecular formula is C13H8BrFN2. The lowest BCUT2D eigenvalue weighted by Gasteiger charge is -2.08. The molecule has 2 nitrogen and oxygen atoms in total. The molecule has 2 rings (SSSR count). The number of halogens is 2. The van der Waals surface area contributed by atoms with E-state index in [4.69, 9.17) is 5.26 Å². The summed E-state index contributed by atoms with van der Waals surface area (Å²) in [6, 6.07) is 13.5. The van der Waals surface area contributed by atoms with Crippen molar-refractivity contribution in [2.45, 2.75) is 0 Å². The highest BCUT2D eigenvalue weighted by molar-refractivity contribution is 9.10. The predicted molar refractivity (Wildman–Crippen MR) is 68.5 cm³/mol. The molecule has 0 saturated heterocycles. The normalized spacial score (nSPS) is 9.71. The molecule has 0 radical (unpaired) electrons. The van der Waals surface area contributed by atoms with Crippen molar-refractivity contribution in [1.82, 2.24) is 0 Å². The summed E-state index contributed by atoms with van der Waals surface area (Å²) in [5.74, 6) is -0.290. The Morgan fingerprint density at radius 2 is 1.82 bits per heavy atom. The van der Waals surface area contributed by atoms with Crippen LogP contribution in [0, 0.1) is 17.1 Å². The second kappa shape index (κ2) is 4.98. The summed E-state index contributed by atoms with van der Waals surface area (Å²) < 4.78 is 13.5. The van der Waals surface area contributed by atoms with Crippen LogP contribution in [0.1, 0.15) is 5.56 Å². The maximum Gasteiger partial charge on any atom is 0.124 e. The smallest absolute Gasteiger partial charge is 0.124 e. The van der Waals surface area contributed by atoms with Crippen LogP contribution in [0.4, 0.5) is 15.8 Å². The van der Waals surface area contributed by atoms with Crippen molar-refractivity contribution in [3.63, 3.8) is 0 Å². The molecule has 0 spiro atoms. The van der Waals surface area contributed by atoms with Crippen LogP contribution in [-0.4, -0.2) is 0 Å². The third kappa shape index (κ3) is 2.83. The third-order valence-electron chi connectivity index (χ3n) is 2.22. The van der Waals surface area contributed by atoms with Crippen molar-refractivity contribution in [3.8, 4) is 6.07 Å². The van der Waals surface area contributed by atoms with E-state index in [1.54, 1.807) is 30.3 Å². The zero-order valence-corrected chi connectivity index (χ0v) is 10.3. The van der Waals surface area contributed by atoms with Crippen LogP contribution in [0.3, 0.4) is 0 Å². The highest BCUT2D eigenvalue weighted by Gasteiger charge is 2.01. The molecule has 0 aliphatic carbocycles. The Morgan fingerprint density at radius 1 is 1.12 bits per heavy atom. The molecule has 84 valence electrons. The molecule has 0 bridgehead atoms. The summed E-state index contributed by atoms with van der Waals surface area (Å²) in [6.45, 7) is 0. The molecule has 0 saturated carbocycles. The topological polar surface area (TPSA) is 35.8 Å². The zero-order chi connectivity index (χ0) is 12.3. The number of nitrogens with zero attached hydrogens (tertiary/aromatic N) is 1. The van der Waals surface area contributed by atoms with E-state index < -0.39 is 0 Å². The minimum absolute atomic E-state index is 0.290. The van der Waals surface area contributed by atoms with Crippen molar-refractivity contribution in [2.24, 2.45) is 0 Å². The highest BCUT2D eigenvalue weighted by Crippen LogP contribution is 2.26. The van der Waals surface area contributed by atoms with Gasteiger partial charge in [0, 0.05) is 10.2 Å². The quantitative estimate of drug-likeness (QED) is 0.900. The Balaban J connectivity index is 2.23. The minimum Gasteiger partial charge on any atom is -0.355 e. The van der Waals surface area contributed by atoms with Crippen LogP contribution in [0.5, 0.6) is 0 Å². The van der Waals surface area contributed by atoms with Crippen molar-refractivity contribution >= 4 is 27.3 Å². The number of anilines is 2. The highest BCUT2D eigenvalue weighted by atomic mass is 79.9. The molecule has 0 heterocycles. The van der Waals surface area contributed by atoms with E-state index in [0.717, 1.165) is 11.4 Å². The van der Waals surface area contributed by atoms with Gasteiger partial charge in [0.15, 0.2) is 0 Å². The first-order chi connectivity index (χ1) is 8.19. The summed E-state index contributed by atoms with van der Waals surface area (Å²) in [7, 11) is 0. The standard InChI is InChI=1S/C13H8BrFN2/c14-12-7-10(15)3-6-13(12)17-11-4-1-9(8-16)2-5-11/h1-7,17H. The first kappa shape index (κ1) is 11.6. The lowest BCUT2D eigenvalue weighted by molar-refractivity contribution is 0.627. The largest absolute Gasteiger partial charge is 0.355 e. The van der Waals surface area contributed by atoms with Crippen molar-refractivity contribution in [2.75, 3.05) is 5.32 Å². The molecule has 0 aliphatic heterocycles. The van der Waals surface area contributed by atoms with Gasteiger partial charge in [-0.05, 0) is 58.4 Å². The summed E-state index contributed by atoms with van der Waals surface area (Å²) in [5.41, 5.74) is 2.22. The van der Waals surface area contributed by atoms with Gasteiger partial charge in [-0.1, -0.05) is 0 Å². The average Bonchev–Trinajstić information content (AvgIpc) is 2.34. The van der Waals surface area contributed by atoms with Crippen LogP contribution < -0.4 is 5.32 Å². The van der Waals surface area contributed by atoms with Gasteiger partial charge in [0.1, 0.15) is 5.82 Å². The number of hydrogen-bond acceptors (Lipinski definition) is 2. The van der Waals surface area contributed by atoms with Crippen LogP contribution in [0.2, 0.25) is 0 Å². The van der Waals surface area contributed by atoms with Crippen LogP contribution in [0.25, 0.3) is 0 Å². The first-order valence-corrected chi connectivity index (χ1v) is 5.70. The Bertz CT molecular complexity index is 573. The van der Waals surface area contributed by atoms with Crippen LogP contribution >= 0.6 is 15.9 Å². The molecule has 0 aliphatic rings. The van der Waals surface area contributed by atoms with Crippen molar-refractivity contribution in [3.05, 3.63) is 58.3 Å². The van der Waals surface area contributed by atoms with E-state index in [2.05, 4.69) is 27.3 Å². The Morgan fingerprint density at radius 3 is 2.41 bits per heavy atom. The van der Waals surface area contributed by atoms with E-state index in [0.29, 0.717) is 10.0 Å². The van der Waals surface area contributed by atoms with Gasteiger partial charge in [-0.3, -0.25) is 0 Å². The summed E-state index contributed by atoms with van der Waals surface area (Å²) in [5, 5.41) is 11.8. The second-order valence-electron chi connectivity index (χ2n) is 3.44. The lowest BCUT2D eigenvalue weighted by atomic mass is 10.2. The molecule has 2 aromatic carbocycles. The molecule has 0 amide bonds. The molecular weight excluding hydrogens is 283 g/mol. The fraction of sp³-hybridized carbons (Fsp3) is 0. The maximum atomic E-state index is 12.9. The lowest BCUT2D eigenvalue weighted by Crippen LogP contribution is -1.91. The van der Waals surface area contributed by atoms with E-state index in [9.17, 15) is 4.39 Å². The predicted octanol–water partition coefficient (Wildman–Crippen LogP) is 4.20. The monoisotopic (exact) mass is 290 g/mol. The van der Waals surface area contributed by atoms with E-state index in [1.807, 2.05) is 0 Å². The summed E-state index contributed by atoms with van der Waals surface area (Å²) >= 11 is 3.28. The SMILES string of the molecule is N#Cc1ccc(Nc2ccc(F)cc2Br)cc1. The minimum atomic E-state index is -0.290. The Hall–Kier alpha value is -1.86. The molecule has 0 unspecified atom stereocenters. The van der Waals surface area contributed by atoms with Gasteiger partial charge >= 0.3 is 0 Å². The Kier molecular flexibility index (Phi) is 3.40. The van der Waals surface area contributed by atoms with E-state index in [1.165, 1.54) is 12.1 Å². The number of benzene rings is 2. The first-order valence-electron chi connectivity index (χ1n) is 4.91. The molecule has 17 heavy (non-hydrogen) atoms. The van der Waals surface area contributed by atoms with Gasteiger partial charge in [0.2, 0.25) is 0 Å². The molecule has 0 fully saturated rings. The number of hydrogen-bond donors (Lipinski definition) is 1. The van der Waals surface area contributed by atoms with Gasteiger partial charge in [-0.2, -0.15) is 5.26 Å². The average molecular weight is 291 g/mol. The Labute approximate surface area is 107 Å². The molecule has 2 aromatic rings. The summed E-state index contributed by atoms with van der Waals surface area (Å²) in [4.78, 5) is 0. The number of rotatable bonds is 2. The zero-order valence-electron chi connectivity index (χ0n) is 8.74. The van der Waals surface area contributed by atoms with Crippen LogP contribution in [-0.2, 0) is 0 Å². The van der Waals surface area contributed by atoms with Gasteiger partial charge in [-0.25, -0.2) is 4.39 Å². The van der Waals surface area contributed by atoms with Gasteiger partial charge in [-0.15, -0.1) is 0 Å². The summed E-state index contributed by atoms with van der Waals surface area (Å²) in [6.07, 6.45) is 0. The third-order valence-corrected chi connectivity index (χ3v) is 2.88. The van der Waals surface area contributed by atoms with E-state index in [-0.39, 0.29) is 5.82 Å². The molecule has 0 aromatic heterocycles. The number of nitriles is 1. The fourth-order valence-electron chi connectivity index (χ4n) is 1.37. The van der Waals surface area contributed by atoms with E-state index >= 15 is 0 Å². The second-order valence-corrected chi connectivity index (χ2v) is 4.29. The van der Waals surface area contributed by atoms with Gasteiger partial charge in [0.05, 0.1) is 17.3 Å². The van der Waals surface area contributed by atoms with Gasteiger partial charge in [0.25, 0.3) is 0 Å².